The summed E-state index contributed by atoms with van der Waals surface area (Å²) in [5.41, 5.74) is 1.62. The summed E-state index contributed by atoms with van der Waals surface area (Å²) in [6, 6.07) is 11.1. The summed E-state index contributed by atoms with van der Waals surface area (Å²) in [6.07, 6.45) is 7.88. The Hall–Kier alpha value is -3.32. The molecule has 2 aromatic heterocycles. The summed E-state index contributed by atoms with van der Waals surface area (Å²) >= 11 is 6.09. The van der Waals surface area contributed by atoms with Crippen molar-refractivity contribution in [3.8, 4) is 0 Å². The van der Waals surface area contributed by atoms with Crippen LogP contribution in [0.4, 0.5) is 17.3 Å². The highest BCUT2D eigenvalue weighted by atomic mass is 35.5. The van der Waals surface area contributed by atoms with Crippen molar-refractivity contribution in [2.24, 2.45) is 0 Å². The zero-order chi connectivity index (χ0) is 22.0. The van der Waals surface area contributed by atoms with E-state index < -0.39 is 5.60 Å². The van der Waals surface area contributed by atoms with Crippen LogP contribution in [-0.2, 0) is 9.53 Å². The molecule has 160 valence electrons. The first-order valence-electron chi connectivity index (χ1n) is 10.0. The predicted molar refractivity (Wildman–Crippen MR) is 123 cm³/mol. The lowest BCUT2D eigenvalue weighted by molar-refractivity contribution is -0.150. The van der Waals surface area contributed by atoms with Gasteiger partial charge in [0.05, 0.1) is 12.2 Å². The molecule has 0 amide bonds. The Morgan fingerprint density at radius 2 is 2.10 bits per heavy atom. The molecule has 4 rings (SSSR count). The summed E-state index contributed by atoms with van der Waals surface area (Å²) < 4.78 is 7.24. The van der Waals surface area contributed by atoms with Crippen molar-refractivity contribution in [1.29, 1.82) is 0 Å². The fourth-order valence-electron chi connectivity index (χ4n) is 3.26. The minimum absolute atomic E-state index is 0.0960. The second kappa shape index (κ2) is 8.43. The number of carbonyl (C=O) groups is 1. The van der Waals surface area contributed by atoms with E-state index >= 15 is 0 Å². The quantitative estimate of drug-likeness (QED) is 0.538. The standard InChI is InChI=1S/C23H24ClN5O2/c1-23(2,3)31-22(30)15-6-4-8-17(12-15)27-21-14-19(28-20-10-11-25-29(20)21)26-18-9-5-7-16(24)13-18/h4-11,13-14,17,27H,12H2,1-3H3,(H,26,28). The number of nitrogens with zero attached hydrogens (tertiary/aromatic N) is 3. The van der Waals surface area contributed by atoms with E-state index in [2.05, 4.69) is 20.7 Å². The first kappa shape index (κ1) is 20.9. The third kappa shape index (κ3) is 5.24. The van der Waals surface area contributed by atoms with Crippen LogP contribution in [0.1, 0.15) is 27.2 Å². The van der Waals surface area contributed by atoms with Gasteiger partial charge in [0.1, 0.15) is 17.2 Å². The molecular formula is C23H24ClN5O2. The Kier molecular flexibility index (Phi) is 5.69. The van der Waals surface area contributed by atoms with E-state index in [1.165, 1.54) is 0 Å². The van der Waals surface area contributed by atoms with Gasteiger partial charge in [0.25, 0.3) is 0 Å². The summed E-state index contributed by atoms with van der Waals surface area (Å²) in [5.74, 6) is 1.10. The third-order valence-corrected chi connectivity index (χ3v) is 4.77. The molecule has 1 atom stereocenters. The van der Waals surface area contributed by atoms with Gasteiger partial charge in [-0.1, -0.05) is 35.9 Å². The highest BCUT2D eigenvalue weighted by molar-refractivity contribution is 6.30. The lowest BCUT2D eigenvalue weighted by Crippen LogP contribution is -2.28. The van der Waals surface area contributed by atoms with Crippen molar-refractivity contribution in [2.45, 2.75) is 38.8 Å². The molecule has 0 aliphatic heterocycles. The highest BCUT2D eigenvalue weighted by Gasteiger charge is 2.23. The van der Waals surface area contributed by atoms with E-state index in [0.29, 0.717) is 28.5 Å². The van der Waals surface area contributed by atoms with Crippen LogP contribution in [0.5, 0.6) is 0 Å². The third-order valence-electron chi connectivity index (χ3n) is 4.53. The lowest BCUT2D eigenvalue weighted by atomic mass is 10.0. The van der Waals surface area contributed by atoms with Crippen molar-refractivity contribution in [1.82, 2.24) is 14.6 Å². The summed E-state index contributed by atoms with van der Waals surface area (Å²) in [4.78, 5) is 17.1. The van der Waals surface area contributed by atoms with E-state index in [0.717, 1.165) is 11.5 Å². The number of benzene rings is 1. The van der Waals surface area contributed by atoms with Crippen molar-refractivity contribution in [2.75, 3.05) is 10.6 Å². The molecule has 1 aliphatic rings. The van der Waals surface area contributed by atoms with Gasteiger partial charge in [0.2, 0.25) is 0 Å². The van der Waals surface area contributed by atoms with Crippen LogP contribution in [0.3, 0.4) is 0 Å². The van der Waals surface area contributed by atoms with E-state index in [9.17, 15) is 4.79 Å². The van der Waals surface area contributed by atoms with Gasteiger partial charge in [0, 0.05) is 34.8 Å². The second-order valence-corrected chi connectivity index (χ2v) is 8.73. The fraction of sp³-hybridized carbons (Fsp3) is 0.261. The van der Waals surface area contributed by atoms with E-state index in [1.54, 1.807) is 16.8 Å². The van der Waals surface area contributed by atoms with Crippen molar-refractivity contribution in [3.05, 3.63) is 71.4 Å². The molecule has 0 bridgehead atoms. The molecule has 1 aromatic carbocycles. The van der Waals surface area contributed by atoms with Gasteiger partial charge >= 0.3 is 5.97 Å². The van der Waals surface area contributed by atoms with E-state index in [1.807, 2.05) is 69.3 Å². The second-order valence-electron chi connectivity index (χ2n) is 8.30. The molecule has 2 N–H and O–H groups in total. The number of aromatic nitrogens is 3. The monoisotopic (exact) mass is 437 g/mol. The maximum atomic E-state index is 12.5. The summed E-state index contributed by atoms with van der Waals surface area (Å²) in [7, 11) is 0. The average molecular weight is 438 g/mol. The molecule has 0 radical (unpaired) electrons. The van der Waals surface area contributed by atoms with Gasteiger partial charge in [-0.2, -0.15) is 9.61 Å². The van der Waals surface area contributed by atoms with Crippen LogP contribution in [0.2, 0.25) is 5.02 Å². The Balaban J connectivity index is 1.54. The van der Waals surface area contributed by atoms with Crippen molar-refractivity contribution < 1.29 is 9.53 Å². The Bertz CT molecular complexity index is 1180. The average Bonchev–Trinajstić information content (AvgIpc) is 3.16. The van der Waals surface area contributed by atoms with Crippen LogP contribution < -0.4 is 10.6 Å². The molecule has 0 fully saturated rings. The van der Waals surface area contributed by atoms with Gasteiger partial charge in [0.15, 0.2) is 5.65 Å². The molecule has 0 saturated heterocycles. The minimum Gasteiger partial charge on any atom is -0.457 e. The number of esters is 1. The zero-order valence-corrected chi connectivity index (χ0v) is 18.3. The fourth-order valence-corrected chi connectivity index (χ4v) is 3.45. The number of anilines is 3. The van der Waals surface area contributed by atoms with Gasteiger partial charge < -0.3 is 15.4 Å². The lowest BCUT2D eigenvalue weighted by Gasteiger charge is -2.24. The minimum atomic E-state index is -0.533. The maximum Gasteiger partial charge on any atom is 0.334 e. The molecule has 1 unspecified atom stereocenters. The van der Waals surface area contributed by atoms with Crippen molar-refractivity contribution in [3.63, 3.8) is 0 Å². The van der Waals surface area contributed by atoms with Crippen LogP contribution in [0.15, 0.2) is 66.4 Å². The van der Waals surface area contributed by atoms with Crippen molar-refractivity contribution >= 4 is 40.5 Å². The number of fused-ring (bicyclic) bond motifs is 1. The van der Waals surface area contributed by atoms with E-state index in [4.69, 9.17) is 16.3 Å². The maximum absolute atomic E-state index is 12.5. The molecule has 31 heavy (non-hydrogen) atoms. The smallest absolute Gasteiger partial charge is 0.334 e. The molecule has 0 saturated carbocycles. The van der Waals surface area contributed by atoms with Gasteiger partial charge in [-0.3, -0.25) is 0 Å². The Morgan fingerprint density at radius 1 is 1.26 bits per heavy atom. The number of halogens is 1. The molecule has 3 aromatic rings. The molecule has 7 nitrogen and oxygen atoms in total. The summed E-state index contributed by atoms with van der Waals surface area (Å²) in [5, 5.41) is 11.7. The normalized spacial score (nSPS) is 16.1. The van der Waals surface area contributed by atoms with Crippen LogP contribution >= 0.6 is 11.6 Å². The molecule has 2 heterocycles. The number of ether oxygens (including phenoxy) is 1. The van der Waals surface area contributed by atoms with Crippen LogP contribution in [0, 0.1) is 0 Å². The van der Waals surface area contributed by atoms with Crippen LogP contribution in [-0.4, -0.2) is 32.2 Å². The SMILES string of the molecule is CC(C)(C)OC(=O)C1=CC=CC(Nc2cc(Nc3cccc(Cl)c3)nc3ccnn23)C1. The molecule has 0 spiro atoms. The Labute approximate surface area is 185 Å². The summed E-state index contributed by atoms with van der Waals surface area (Å²) in [6.45, 7) is 5.58. The molecular weight excluding hydrogens is 414 g/mol. The van der Waals surface area contributed by atoms with Gasteiger partial charge in [-0.15, -0.1) is 0 Å². The molecule has 1 aliphatic carbocycles. The molecule has 8 heteroatoms. The predicted octanol–water partition coefficient (Wildman–Crippen LogP) is 5.13. The van der Waals surface area contributed by atoms with E-state index in [-0.39, 0.29) is 12.0 Å². The number of rotatable bonds is 5. The van der Waals surface area contributed by atoms with Crippen LogP contribution in [0.25, 0.3) is 5.65 Å². The number of nitrogens with one attached hydrogen (secondary N) is 2. The van der Waals surface area contributed by atoms with Gasteiger partial charge in [-0.05, 0) is 39.0 Å². The largest absolute Gasteiger partial charge is 0.457 e. The first-order chi connectivity index (χ1) is 14.8. The number of hydrogen-bond donors (Lipinski definition) is 2. The topological polar surface area (TPSA) is 80.5 Å². The highest BCUT2D eigenvalue weighted by Crippen LogP contribution is 2.25. The Morgan fingerprint density at radius 3 is 2.87 bits per heavy atom. The number of hydrogen-bond acceptors (Lipinski definition) is 6. The first-order valence-corrected chi connectivity index (χ1v) is 10.4. The number of allylic oxidation sites excluding steroid dienone is 2. The zero-order valence-electron chi connectivity index (χ0n) is 17.6. The van der Waals surface area contributed by atoms with Gasteiger partial charge in [-0.25, -0.2) is 9.78 Å². The number of carbonyl (C=O) groups excluding carboxylic acids is 1.